The molecule has 0 aromatic carbocycles. The lowest BCUT2D eigenvalue weighted by atomic mass is 10.00. The summed E-state index contributed by atoms with van der Waals surface area (Å²) in [4.78, 5) is 24.8. The molecule has 3 heterocycles. The number of aryl methyl sites for hydroxylation is 1. The van der Waals surface area contributed by atoms with Crippen molar-refractivity contribution in [3.63, 3.8) is 0 Å². The summed E-state index contributed by atoms with van der Waals surface area (Å²) in [7, 11) is 3.27. The minimum Gasteiger partial charge on any atom is -0.469 e. The number of esters is 1. The van der Waals surface area contributed by atoms with E-state index in [1.54, 1.807) is 0 Å². The summed E-state index contributed by atoms with van der Waals surface area (Å²) in [5.74, 6) is -0.508. The molecule has 0 saturated heterocycles. The second kappa shape index (κ2) is 5.83. The Bertz CT molecular complexity index is 711. The van der Waals surface area contributed by atoms with Crippen molar-refractivity contribution >= 4 is 11.8 Å². The number of hydrogen-bond donors (Lipinski definition) is 0. The Kier molecular flexibility index (Phi) is 3.88. The monoisotopic (exact) mass is 300 g/mol. The summed E-state index contributed by atoms with van der Waals surface area (Å²) in [6.45, 7) is 0.765. The maximum absolute atomic E-state index is 12.8. The minimum absolute atomic E-state index is 0.00994. The number of aromatic nitrogens is 2. The van der Waals surface area contributed by atoms with Crippen LogP contribution in [-0.4, -0.2) is 28.0 Å². The molecule has 3 rings (SSSR count). The first-order valence-corrected chi connectivity index (χ1v) is 7.56. The Balaban J connectivity index is 2.02. The van der Waals surface area contributed by atoms with Gasteiger partial charge in [0.25, 0.3) is 0 Å². The van der Waals surface area contributed by atoms with Crippen LogP contribution in [0.25, 0.3) is 0 Å². The zero-order valence-corrected chi connectivity index (χ0v) is 12.9. The molecule has 0 aliphatic carbocycles. The van der Waals surface area contributed by atoms with E-state index in [1.165, 1.54) is 7.11 Å². The van der Waals surface area contributed by atoms with Gasteiger partial charge in [-0.25, -0.2) is 0 Å². The van der Waals surface area contributed by atoms with Crippen LogP contribution < -0.4 is 0 Å². The predicted octanol–water partition coefficient (Wildman–Crippen LogP) is 2.50. The van der Waals surface area contributed by atoms with E-state index in [9.17, 15) is 9.59 Å². The number of carbonyl (C=O) groups excluding carboxylic acids is 2. The van der Waals surface area contributed by atoms with Crippen LogP contribution in [-0.2, 0) is 23.1 Å². The molecule has 0 fully saturated rings. The van der Waals surface area contributed by atoms with Crippen LogP contribution in [0, 0.1) is 0 Å². The van der Waals surface area contributed by atoms with Gasteiger partial charge in [0.2, 0.25) is 5.78 Å². The van der Waals surface area contributed by atoms with Gasteiger partial charge in [-0.15, -0.1) is 0 Å². The van der Waals surface area contributed by atoms with Crippen molar-refractivity contribution in [1.29, 1.82) is 0 Å². The lowest BCUT2D eigenvalue weighted by Gasteiger charge is -2.15. The molecule has 1 unspecified atom stereocenters. The number of ether oxygens (including phenoxy) is 1. The Morgan fingerprint density at radius 2 is 2.00 bits per heavy atom. The quantitative estimate of drug-likeness (QED) is 0.646. The van der Waals surface area contributed by atoms with Gasteiger partial charge < -0.3 is 13.9 Å². The standard InChI is InChI=1S/C17H20N2O3/c1-18-10-5-7-14(18)16(20)15-9-8-13-12(17(21)22-2)6-3-4-11-19(13)15/h5,7-10,12H,3-4,6,11H2,1-2H3. The van der Waals surface area contributed by atoms with Gasteiger partial charge >= 0.3 is 5.97 Å². The molecule has 0 N–H and O–H groups in total. The Morgan fingerprint density at radius 3 is 2.68 bits per heavy atom. The fourth-order valence-electron chi connectivity index (χ4n) is 3.21. The molecule has 0 spiro atoms. The second-order valence-corrected chi connectivity index (χ2v) is 5.70. The van der Waals surface area contributed by atoms with Crippen molar-refractivity contribution in [3.05, 3.63) is 47.5 Å². The van der Waals surface area contributed by atoms with E-state index in [0.29, 0.717) is 11.4 Å². The SMILES string of the molecule is COC(=O)C1CCCCn2c(C(=O)c3cccn3C)ccc21. The normalized spacial score (nSPS) is 17.6. The van der Waals surface area contributed by atoms with Gasteiger partial charge in [0.1, 0.15) is 0 Å². The molecule has 0 saturated carbocycles. The Morgan fingerprint density at radius 1 is 1.18 bits per heavy atom. The molecule has 0 radical (unpaired) electrons. The van der Waals surface area contributed by atoms with Gasteiger partial charge in [-0.3, -0.25) is 9.59 Å². The fourth-order valence-corrected chi connectivity index (χ4v) is 3.21. The van der Waals surface area contributed by atoms with Crippen LogP contribution in [0.2, 0.25) is 0 Å². The van der Waals surface area contributed by atoms with Crippen LogP contribution in [0.15, 0.2) is 30.5 Å². The minimum atomic E-state index is -0.275. The van der Waals surface area contributed by atoms with E-state index in [4.69, 9.17) is 4.74 Å². The molecule has 5 heteroatoms. The number of carbonyl (C=O) groups is 2. The van der Waals surface area contributed by atoms with Crippen molar-refractivity contribution in [2.24, 2.45) is 7.05 Å². The zero-order valence-electron chi connectivity index (χ0n) is 12.9. The van der Waals surface area contributed by atoms with Gasteiger partial charge in [0.05, 0.1) is 24.4 Å². The van der Waals surface area contributed by atoms with Crippen molar-refractivity contribution in [2.45, 2.75) is 31.7 Å². The Labute approximate surface area is 129 Å². The largest absolute Gasteiger partial charge is 0.469 e. The van der Waals surface area contributed by atoms with Crippen LogP contribution in [0.5, 0.6) is 0 Å². The zero-order chi connectivity index (χ0) is 15.7. The predicted molar refractivity (Wildman–Crippen MR) is 81.9 cm³/mol. The molecule has 116 valence electrons. The van der Waals surface area contributed by atoms with Crippen molar-refractivity contribution in [3.8, 4) is 0 Å². The lowest BCUT2D eigenvalue weighted by molar-refractivity contribution is -0.142. The molecule has 2 aromatic heterocycles. The van der Waals surface area contributed by atoms with Gasteiger partial charge in [-0.1, -0.05) is 6.42 Å². The van der Waals surface area contributed by atoms with Crippen LogP contribution >= 0.6 is 0 Å². The second-order valence-electron chi connectivity index (χ2n) is 5.70. The van der Waals surface area contributed by atoms with E-state index in [1.807, 2.05) is 46.6 Å². The number of hydrogen-bond acceptors (Lipinski definition) is 3. The summed E-state index contributed by atoms with van der Waals surface area (Å²) < 4.78 is 8.73. The molecular formula is C17H20N2O3. The number of fused-ring (bicyclic) bond motifs is 1. The highest BCUT2D eigenvalue weighted by atomic mass is 16.5. The van der Waals surface area contributed by atoms with E-state index in [2.05, 4.69) is 0 Å². The Hall–Kier alpha value is -2.30. The highest BCUT2D eigenvalue weighted by Crippen LogP contribution is 2.30. The van der Waals surface area contributed by atoms with Crippen LogP contribution in [0.3, 0.4) is 0 Å². The van der Waals surface area contributed by atoms with Gasteiger partial charge in [-0.2, -0.15) is 0 Å². The summed E-state index contributed by atoms with van der Waals surface area (Å²) in [5.41, 5.74) is 2.19. The highest BCUT2D eigenvalue weighted by Gasteiger charge is 2.29. The number of nitrogens with zero attached hydrogens (tertiary/aromatic N) is 2. The molecule has 2 aromatic rings. The van der Waals surface area contributed by atoms with Crippen LogP contribution in [0.4, 0.5) is 0 Å². The maximum Gasteiger partial charge on any atom is 0.314 e. The molecule has 1 aliphatic heterocycles. The number of methoxy groups -OCH3 is 1. The van der Waals surface area contributed by atoms with Gasteiger partial charge in [0, 0.05) is 25.5 Å². The first kappa shape index (κ1) is 14.6. The van der Waals surface area contributed by atoms with Crippen molar-refractivity contribution < 1.29 is 14.3 Å². The van der Waals surface area contributed by atoms with Gasteiger partial charge in [0.15, 0.2) is 0 Å². The fraction of sp³-hybridized carbons (Fsp3) is 0.412. The molecular weight excluding hydrogens is 280 g/mol. The van der Waals surface area contributed by atoms with E-state index >= 15 is 0 Å². The molecule has 5 nitrogen and oxygen atoms in total. The van der Waals surface area contributed by atoms with E-state index in [0.717, 1.165) is 31.5 Å². The first-order chi connectivity index (χ1) is 10.6. The smallest absolute Gasteiger partial charge is 0.314 e. The van der Waals surface area contributed by atoms with Crippen LogP contribution in [0.1, 0.15) is 47.1 Å². The average molecular weight is 300 g/mol. The summed E-state index contributed by atoms with van der Waals surface area (Å²) in [6, 6.07) is 7.39. The molecule has 1 aliphatic rings. The average Bonchev–Trinajstić information content (AvgIpc) is 3.07. The summed E-state index contributed by atoms with van der Waals surface area (Å²) >= 11 is 0. The molecule has 22 heavy (non-hydrogen) atoms. The lowest BCUT2D eigenvalue weighted by Crippen LogP contribution is -2.19. The maximum atomic E-state index is 12.8. The van der Waals surface area contributed by atoms with E-state index in [-0.39, 0.29) is 17.7 Å². The number of rotatable bonds is 3. The topological polar surface area (TPSA) is 53.2 Å². The van der Waals surface area contributed by atoms with Gasteiger partial charge in [-0.05, 0) is 37.1 Å². The molecule has 1 atom stereocenters. The third-order valence-electron chi connectivity index (χ3n) is 4.39. The molecule has 0 bridgehead atoms. The summed E-state index contributed by atoms with van der Waals surface area (Å²) in [5, 5.41) is 0. The first-order valence-electron chi connectivity index (χ1n) is 7.56. The highest BCUT2D eigenvalue weighted by molar-refractivity contribution is 6.07. The summed E-state index contributed by atoms with van der Waals surface area (Å²) in [6.07, 6.45) is 4.55. The van der Waals surface area contributed by atoms with Crippen molar-refractivity contribution in [1.82, 2.24) is 9.13 Å². The molecule has 0 amide bonds. The third-order valence-corrected chi connectivity index (χ3v) is 4.39. The van der Waals surface area contributed by atoms with Crippen molar-refractivity contribution in [2.75, 3.05) is 7.11 Å². The van der Waals surface area contributed by atoms with E-state index < -0.39 is 0 Å². The number of ketones is 1. The third kappa shape index (κ3) is 2.36.